The van der Waals surface area contributed by atoms with Gasteiger partial charge in [0.25, 0.3) is 0 Å². The summed E-state index contributed by atoms with van der Waals surface area (Å²) in [5.74, 6) is 0.895. The molecule has 0 aliphatic rings. The van der Waals surface area contributed by atoms with Crippen molar-refractivity contribution in [2.75, 3.05) is 0 Å². The van der Waals surface area contributed by atoms with Crippen molar-refractivity contribution in [3.8, 4) is 5.75 Å². The first-order valence-corrected chi connectivity index (χ1v) is 6.99. The van der Waals surface area contributed by atoms with Crippen LogP contribution in [0.3, 0.4) is 0 Å². The summed E-state index contributed by atoms with van der Waals surface area (Å²) in [7, 11) is 1.94. The zero-order valence-corrected chi connectivity index (χ0v) is 12.7. The molecule has 0 amide bonds. The van der Waals surface area contributed by atoms with Crippen LogP contribution in [0.2, 0.25) is 0 Å². The van der Waals surface area contributed by atoms with Gasteiger partial charge in [0.1, 0.15) is 12.4 Å². The summed E-state index contributed by atoms with van der Waals surface area (Å²) in [6.45, 7) is 7.68. The number of hydrogen-bond acceptors (Lipinski definition) is 3. The van der Waals surface area contributed by atoms with Gasteiger partial charge in [0.15, 0.2) is 0 Å². The molecule has 108 valence electrons. The predicted molar refractivity (Wildman–Crippen MR) is 80.7 cm³/mol. The van der Waals surface area contributed by atoms with Gasteiger partial charge in [-0.05, 0) is 30.7 Å². The molecule has 1 N–H and O–H groups in total. The zero-order chi connectivity index (χ0) is 14.5. The van der Waals surface area contributed by atoms with Crippen molar-refractivity contribution in [3.05, 3.63) is 47.3 Å². The highest BCUT2D eigenvalue weighted by atomic mass is 16.5. The monoisotopic (exact) mass is 273 g/mol. The van der Waals surface area contributed by atoms with E-state index in [1.54, 1.807) is 0 Å². The van der Waals surface area contributed by atoms with Crippen molar-refractivity contribution in [1.82, 2.24) is 15.1 Å². The minimum Gasteiger partial charge on any atom is -0.487 e. The summed E-state index contributed by atoms with van der Waals surface area (Å²) in [6, 6.07) is 10.7. The molecular weight excluding hydrogens is 250 g/mol. The van der Waals surface area contributed by atoms with E-state index in [1.807, 2.05) is 36.9 Å². The molecule has 0 aliphatic carbocycles. The fourth-order valence-corrected chi connectivity index (χ4v) is 2.02. The maximum Gasteiger partial charge on any atom is 0.130 e. The van der Waals surface area contributed by atoms with Crippen LogP contribution in [-0.4, -0.2) is 15.8 Å². The highest BCUT2D eigenvalue weighted by Gasteiger charge is 2.04. The predicted octanol–water partition coefficient (Wildman–Crippen LogP) is 2.81. The van der Waals surface area contributed by atoms with E-state index >= 15 is 0 Å². The molecule has 4 nitrogen and oxygen atoms in total. The fourth-order valence-electron chi connectivity index (χ4n) is 2.02. The van der Waals surface area contributed by atoms with Crippen LogP contribution in [0.15, 0.2) is 30.3 Å². The maximum atomic E-state index is 5.85. The van der Waals surface area contributed by atoms with E-state index in [4.69, 9.17) is 4.74 Å². The fraction of sp³-hybridized carbons (Fsp3) is 0.438. The number of aryl methyl sites for hydroxylation is 2. The molecule has 20 heavy (non-hydrogen) atoms. The maximum absolute atomic E-state index is 5.85. The van der Waals surface area contributed by atoms with Crippen molar-refractivity contribution in [2.24, 2.45) is 7.05 Å². The molecule has 0 spiro atoms. The summed E-state index contributed by atoms with van der Waals surface area (Å²) in [6.07, 6.45) is 0. The Balaban J connectivity index is 1.96. The van der Waals surface area contributed by atoms with E-state index in [0.29, 0.717) is 12.6 Å². The lowest BCUT2D eigenvalue weighted by atomic mass is 10.2. The molecule has 2 rings (SSSR count). The number of ether oxygens (including phenoxy) is 1. The molecule has 0 fully saturated rings. The van der Waals surface area contributed by atoms with Gasteiger partial charge in [-0.2, -0.15) is 5.10 Å². The molecule has 4 heteroatoms. The van der Waals surface area contributed by atoms with Crippen LogP contribution in [-0.2, 0) is 20.2 Å². The quantitative estimate of drug-likeness (QED) is 0.879. The second kappa shape index (κ2) is 6.57. The Morgan fingerprint density at radius 2 is 2.10 bits per heavy atom. The number of nitrogens with zero attached hydrogens (tertiary/aromatic N) is 2. The largest absolute Gasteiger partial charge is 0.487 e. The topological polar surface area (TPSA) is 39.1 Å². The molecule has 1 heterocycles. The standard InChI is InChI=1S/C16H23N3O/c1-12(2)17-10-14-6-5-7-16(9-14)20-11-15-8-13(3)18-19(15)4/h5-9,12,17H,10-11H2,1-4H3. The van der Waals surface area contributed by atoms with Crippen LogP contribution in [0, 0.1) is 6.92 Å². The number of hydrogen-bond donors (Lipinski definition) is 1. The second-order valence-corrected chi connectivity index (χ2v) is 5.37. The summed E-state index contributed by atoms with van der Waals surface area (Å²) < 4.78 is 7.71. The second-order valence-electron chi connectivity index (χ2n) is 5.37. The van der Waals surface area contributed by atoms with Crippen LogP contribution in [0.25, 0.3) is 0 Å². The lowest BCUT2D eigenvalue weighted by Crippen LogP contribution is -2.21. The van der Waals surface area contributed by atoms with Crippen molar-refractivity contribution >= 4 is 0 Å². The molecule has 0 bridgehead atoms. The molecular formula is C16H23N3O. The third-order valence-electron chi connectivity index (χ3n) is 3.10. The minimum atomic E-state index is 0.483. The van der Waals surface area contributed by atoms with Crippen molar-refractivity contribution in [3.63, 3.8) is 0 Å². The van der Waals surface area contributed by atoms with Crippen LogP contribution in [0.5, 0.6) is 5.75 Å². The minimum absolute atomic E-state index is 0.483. The smallest absolute Gasteiger partial charge is 0.130 e. The van der Waals surface area contributed by atoms with Gasteiger partial charge in [0.05, 0.1) is 11.4 Å². The third-order valence-corrected chi connectivity index (χ3v) is 3.10. The Morgan fingerprint density at radius 3 is 2.75 bits per heavy atom. The highest BCUT2D eigenvalue weighted by Crippen LogP contribution is 2.15. The van der Waals surface area contributed by atoms with Gasteiger partial charge in [0.2, 0.25) is 0 Å². The average Bonchev–Trinajstić information content (AvgIpc) is 2.73. The number of benzene rings is 1. The van der Waals surface area contributed by atoms with Gasteiger partial charge >= 0.3 is 0 Å². The SMILES string of the molecule is Cc1cc(COc2cccc(CNC(C)C)c2)n(C)n1. The van der Waals surface area contributed by atoms with Gasteiger partial charge in [-0.3, -0.25) is 4.68 Å². The Bertz CT molecular complexity index is 561. The van der Waals surface area contributed by atoms with Crippen molar-refractivity contribution in [2.45, 2.75) is 40.0 Å². The van der Waals surface area contributed by atoms with Gasteiger partial charge in [-0.15, -0.1) is 0 Å². The van der Waals surface area contributed by atoms with Gasteiger partial charge < -0.3 is 10.1 Å². The molecule has 0 saturated heterocycles. The van der Waals surface area contributed by atoms with E-state index in [2.05, 4.69) is 36.4 Å². The Labute approximate surface area is 120 Å². The van der Waals surface area contributed by atoms with Crippen LogP contribution in [0.1, 0.15) is 30.8 Å². The highest BCUT2D eigenvalue weighted by molar-refractivity contribution is 5.28. The van der Waals surface area contributed by atoms with E-state index in [-0.39, 0.29) is 0 Å². The van der Waals surface area contributed by atoms with Crippen LogP contribution in [0.4, 0.5) is 0 Å². The molecule has 1 aromatic heterocycles. The normalized spacial score (nSPS) is 11.1. The van der Waals surface area contributed by atoms with Gasteiger partial charge in [0, 0.05) is 19.6 Å². The molecule has 1 aromatic carbocycles. The van der Waals surface area contributed by atoms with E-state index in [9.17, 15) is 0 Å². The number of aromatic nitrogens is 2. The molecule has 0 unspecified atom stereocenters. The summed E-state index contributed by atoms with van der Waals surface area (Å²) in [5, 5.41) is 7.72. The van der Waals surface area contributed by atoms with E-state index in [1.165, 1.54) is 5.56 Å². The van der Waals surface area contributed by atoms with Gasteiger partial charge in [-0.1, -0.05) is 26.0 Å². The Morgan fingerprint density at radius 1 is 1.30 bits per heavy atom. The average molecular weight is 273 g/mol. The number of nitrogens with one attached hydrogen (secondary N) is 1. The molecule has 2 aromatic rings. The van der Waals surface area contributed by atoms with E-state index < -0.39 is 0 Å². The first kappa shape index (κ1) is 14.6. The Hall–Kier alpha value is -1.81. The van der Waals surface area contributed by atoms with Gasteiger partial charge in [-0.25, -0.2) is 0 Å². The van der Waals surface area contributed by atoms with Crippen molar-refractivity contribution in [1.29, 1.82) is 0 Å². The van der Waals surface area contributed by atoms with Crippen LogP contribution >= 0.6 is 0 Å². The zero-order valence-electron chi connectivity index (χ0n) is 12.7. The van der Waals surface area contributed by atoms with Crippen LogP contribution < -0.4 is 10.1 Å². The lowest BCUT2D eigenvalue weighted by molar-refractivity contribution is 0.294. The molecule has 0 aliphatic heterocycles. The summed E-state index contributed by atoms with van der Waals surface area (Å²) in [4.78, 5) is 0. The first-order valence-electron chi connectivity index (χ1n) is 6.99. The Kier molecular flexibility index (Phi) is 4.79. The first-order chi connectivity index (χ1) is 9.54. The van der Waals surface area contributed by atoms with E-state index in [0.717, 1.165) is 23.7 Å². The lowest BCUT2D eigenvalue weighted by Gasteiger charge is -2.10. The molecule has 0 radical (unpaired) electrons. The molecule has 0 atom stereocenters. The third kappa shape index (κ3) is 4.10. The molecule has 0 saturated carbocycles. The number of rotatable bonds is 6. The van der Waals surface area contributed by atoms with Crippen molar-refractivity contribution < 1.29 is 4.74 Å². The summed E-state index contributed by atoms with van der Waals surface area (Å²) >= 11 is 0. The summed E-state index contributed by atoms with van der Waals surface area (Å²) in [5.41, 5.74) is 3.33.